The van der Waals surface area contributed by atoms with Crippen LogP contribution < -0.4 is 31.5 Å². The van der Waals surface area contributed by atoms with Crippen molar-refractivity contribution in [3.8, 4) is 11.1 Å². The highest BCUT2D eigenvalue weighted by atomic mass is 15.2. The predicted molar refractivity (Wildman–Crippen MR) is 329 cm³/mol. The van der Waals surface area contributed by atoms with Gasteiger partial charge in [-0.2, -0.15) is 0 Å². The number of unbranched alkanes of at least 4 members (excludes halogenated alkanes) is 11. The maximum absolute atomic E-state index is 7.98. The van der Waals surface area contributed by atoms with Gasteiger partial charge in [-0.25, -0.2) is 0 Å². The van der Waals surface area contributed by atoms with Crippen molar-refractivity contribution in [2.45, 2.75) is 194 Å². The van der Waals surface area contributed by atoms with Crippen molar-refractivity contribution >= 4 is 45.5 Å². The van der Waals surface area contributed by atoms with E-state index in [1.807, 2.05) is 0 Å². The van der Waals surface area contributed by atoms with E-state index in [1.165, 1.54) is 104 Å². The molecule has 402 valence electrons. The first-order chi connectivity index (χ1) is 36.2. The van der Waals surface area contributed by atoms with Gasteiger partial charge in [0.05, 0.1) is 5.54 Å². The molecule has 0 aromatic heterocycles. The Balaban J connectivity index is 1.41. The van der Waals surface area contributed by atoms with Gasteiger partial charge in [0.15, 0.2) is 0 Å². The quantitative estimate of drug-likeness (QED) is 0.0351. The van der Waals surface area contributed by atoms with E-state index >= 15 is 0 Å². The van der Waals surface area contributed by atoms with Crippen molar-refractivity contribution in [3.05, 3.63) is 156 Å². The molecule has 75 heavy (non-hydrogen) atoms. The van der Waals surface area contributed by atoms with Crippen LogP contribution in [0, 0.1) is 0 Å². The van der Waals surface area contributed by atoms with Gasteiger partial charge in [-0.1, -0.05) is 183 Å². The minimum Gasteiger partial charge on any atom is -0.385 e. The Labute approximate surface area is 455 Å². The zero-order chi connectivity index (χ0) is 53.4. The van der Waals surface area contributed by atoms with Gasteiger partial charge in [0.2, 0.25) is 0 Å². The number of benzene rings is 6. The summed E-state index contributed by atoms with van der Waals surface area (Å²) in [5, 5.41) is 11.7. The Morgan fingerprint density at radius 1 is 0.400 bits per heavy atom. The molecule has 6 aromatic rings. The fraction of sp³-hybridized carbons (Fsp3) is 0.478. The Morgan fingerprint density at radius 3 is 1.13 bits per heavy atom. The molecule has 5 N–H and O–H groups in total. The summed E-state index contributed by atoms with van der Waals surface area (Å²) in [4.78, 5) is 4.91. The molecule has 1 atom stereocenters. The van der Waals surface area contributed by atoms with Gasteiger partial charge in [-0.3, -0.25) is 0 Å². The molecule has 0 saturated carbocycles. The minimum atomic E-state index is -0.644. The van der Waals surface area contributed by atoms with Crippen LogP contribution in [-0.4, -0.2) is 25.7 Å². The highest BCUT2D eigenvalue weighted by molar-refractivity contribution is 5.89. The van der Waals surface area contributed by atoms with Gasteiger partial charge in [0.1, 0.15) is 0 Å². The van der Waals surface area contributed by atoms with Crippen molar-refractivity contribution in [2.24, 2.45) is 5.73 Å². The number of rotatable bonds is 29. The Hall–Kier alpha value is -5.56. The number of anilines is 8. The van der Waals surface area contributed by atoms with Crippen molar-refractivity contribution in [1.82, 2.24) is 5.32 Å². The van der Waals surface area contributed by atoms with Gasteiger partial charge in [0.25, 0.3) is 0 Å². The number of nitrogens with one attached hydrogen (secondary N) is 3. The SMILES string of the molecule is CCCCCCCCNC1(C(N)CCCCCCC)c2cc(N(c3ccc(NCCCC)cc3)c3ccc(C(C)(C)C)cc3)ccc2-c2ccc(N(c3ccc(NCCCC)cc3)c3ccc(C(C)(C)C)cc3)cc21. The monoisotopic (exact) mass is 1010 g/mol. The van der Waals surface area contributed by atoms with Crippen molar-refractivity contribution in [1.29, 1.82) is 0 Å². The van der Waals surface area contributed by atoms with Crippen molar-refractivity contribution in [3.63, 3.8) is 0 Å². The van der Waals surface area contributed by atoms with E-state index in [0.29, 0.717) is 0 Å². The van der Waals surface area contributed by atoms with Crippen LogP contribution in [0.1, 0.15) is 194 Å². The van der Waals surface area contributed by atoms with Crippen molar-refractivity contribution in [2.75, 3.05) is 40.1 Å². The lowest BCUT2D eigenvalue weighted by Crippen LogP contribution is -2.55. The second kappa shape index (κ2) is 27.0. The minimum absolute atomic E-state index is 0.0433. The van der Waals surface area contributed by atoms with Crippen LogP contribution in [0.2, 0.25) is 0 Å². The highest BCUT2D eigenvalue weighted by Crippen LogP contribution is 2.54. The molecule has 0 heterocycles. The highest BCUT2D eigenvalue weighted by Gasteiger charge is 2.48. The molecule has 1 unspecified atom stereocenters. The van der Waals surface area contributed by atoms with E-state index in [-0.39, 0.29) is 16.9 Å². The Morgan fingerprint density at radius 2 is 0.747 bits per heavy atom. The molecule has 0 radical (unpaired) electrons. The maximum Gasteiger partial charge on any atom is 0.0857 e. The van der Waals surface area contributed by atoms with Gasteiger partial charge in [-0.05, 0) is 174 Å². The number of hydrogen-bond acceptors (Lipinski definition) is 6. The maximum atomic E-state index is 7.98. The molecule has 1 aliphatic carbocycles. The van der Waals surface area contributed by atoms with Gasteiger partial charge >= 0.3 is 0 Å². The zero-order valence-corrected chi connectivity index (χ0v) is 48.2. The standard InChI is InChI=1S/C69H96N6/c1-11-15-19-21-23-25-49-73-69(66(70)26-24-22-20-16-12-2)64-50-60(74(56-35-27-52(28-36-56)67(5,6)7)58-39-31-54(32-40-58)71-47-17-13-3)43-45-62(64)63-46-44-61(51-65(63)69)75(57-37-29-53(30-38-57)68(8,9)10)59-41-33-55(34-42-59)72-48-18-14-4/h27-46,50-51,66,71-73H,11-26,47-49,70H2,1-10H3. The molecular formula is C69H96N6. The lowest BCUT2D eigenvalue weighted by molar-refractivity contribution is 0.310. The molecule has 0 fully saturated rings. The summed E-state index contributed by atoms with van der Waals surface area (Å²) >= 11 is 0. The van der Waals surface area contributed by atoms with Crippen LogP contribution in [0.4, 0.5) is 45.5 Å². The molecule has 0 bridgehead atoms. The first-order valence-electron chi connectivity index (χ1n) is 29.5. The fourth-order valence-corrected chi connectivity index (χ4v) is 11.1. The van der Waals surface area contributed by atoms with Crippen LogP contribution in [0.15, 0.2) is 133 Å². The lowest BCUT2D eigenvalue weighted by atomic mass is 9.78. The Bertz CT molecular complexity index is 2470. The van der Waals surface area contributed by atoms with Crippen LogP contribution in [0.3, 0.4) is 0 Å². The number of hydrogen-bond donors (Lipinski definition) is 4. The summed E-state index contributed by atoms with van der Waals surface area (Å²) in [5.74, 6) is 0. The van der Waals surface area contributed by atoms with E-state index < -0.39 is 5.54 Å². The van der Waals surface area contributed by atoms with Crippen LogP contribution in [-0.2, 0) is 16.4 Å². The van der Waals surface area contributed by atoms with Gasteiger partial charge in [-0.15, -0.1) is 0 Å². The normalized spacial score (nSPS) is 13.3. The lowest BCUT2D eigenvalue weighted by Gasteiger charge is -2.40. The topological polar surface area (TPSA) is 68.6 Å². The summed E-state index contributed by atoms with van der Waals surface area (Å²) in [5.41, 5.74) is 24.2. The average molecular weight is 1010 g/mol. The molecule has 0 saturated heterocycles. The van der Waals surface area contributed by atoms with Crippen LogP contribution >= 0.6 is 0 Å². The molecule has 0 spiro atoms. The largest absolute Gasteiger partial charge is 0.385 e. The number of nitrogens with zero attached hydrogens (tertiary/aromatic N) is 2. The molecule has 7 rings (SSSR count). The molecule has 0 amide bonds. The third-order valence-electron chi connectivity index (χ3n) is 15.7. The third kappa shape index (κ3) is 14.3. The molecule has 6 nitrogen and oxygen atoms in total. The first kappa shape index (κ1) is 57.2. The summed E-state index contributed by atoms with van der Waals surface area (Å²) < 4.78 is 0. The van der Waals surface area contributed by atoms with E-state index in [0.717, 1.165) is 97.2 Å². The zero-order valence-electron chi connectivity index (χ0n) is 48.2. The third-order valence-corrected chi connectivity index (χ3v) is 15.7. The second-order valence-corrected chi connectivity index (χ2v) is 23.7. The summed E-state index contributed by atoms with van der Waals surface area (Å²) in [6.07, 6.45) is 19.0. The second-order valence-electron chi connectivity index (χ2n) is 23.7. The summed E-state index contributed by atoms with van der Waals surface area (Å²) in [6, 6.07) is 50.9. The van der Waals surface area contributed by atoms with Gasteiger partial charge < -0.3 is 31.5 Å². The van der Waals surface area contributed by atoms with Gasteiger partial charge in [0, 0.05) is 64.6 Å². The average Bonchev–Trinajstić information content (AvgIpc) is 3.69. The molecule has 0 aliphatic heterocycles. The van der Waals surface area contributed by atoms with Crippen molar-refractivity contribution < 1.29 is 0 Å². The summed E-state index contributed by atoms with van der Waals surface area (Å²) in [6.45, 7) is 25.7. The smallest absolute Gasteiger partial charge is 0.0857 e. The van der Waals surface area contributed by atoms with E-state index in [2.05, 4.69) is 228 Å². The number of nitrogens with two attached hydrogens (primary N) is 1. The predicted octanol–water partition coefficient (Wildman–Crippen LogP) is 19.5. The summed E-state index contributed by atoms with van der Waals surface area (Å²) in [7, 11) is 0. The van der Waals surface area contributed by atoms with E-state index in [1.54, 1.807) is 0 Å². The van der Waals surface area contributed by atoms with E-state index in [4.69, 9.17) is 5.73 Å². The molecule has 6 heteroatoms. The first-order valence-corrected chi connectivity index (χ1v) is 29.5. The number of fused-ring (bicyclic) bond motifs is 3. The van der Waals surface area contributed by atoms with Crippen LogP contribution in [0.25, 0.3) is 11.1 Å². The molecule has 6 aromatic carbocycles. The molecule has 1 aliphatic rings. The van der Waals surface area contributed by atoms with Crippen LogP contribution in [0.5, 0.6) is 0 Å². The molecular weight excluding hydrogens is 913 g/mol. The Kier molecular flexibility index (Phi) is 20.5. The fourth-order valence-electron chi connectivity index (χ4n) is 11.1. The van der Waals surface area contributed by atoms with E-state index in [9.17, 15) is 0 Å².